The number of nitrogens with one attached hydrogen (secondary N) is 2. The third-order valence-corrected chi connectivity index (χ3v) is 3.66. The molecule has 116 valence electrons. The first-order valence-electron chi connectivity index (χ1n) is 7.06. The fourth-order valence-corrected chi connectivity index (χ4v) is 2.72. The fraction of sp³-hybridized carbons (Fsp3) is 0.692. The molecule has 0 aromatic carbocycles. The van der Waals surface area contributed by atoms with Crippen molar-refractivity contribution in [1.29, 1.82) is 0 Å². The van der Waals surface area contributed by atoms with Gasteiger partial charge in [0.2, 0.25) is 5.89 Å². The highest BCUT2D eigenvalue weighted by Gasteiger charge is 2.35. The van der Waals surface area contributed by atoms with Gasteiger partial charge in [-0.3, -0.25) is 4.79 Å². The number of aromatic nitrogens is 2. The van der Waals surface area contributed by atoms with Crippen LogP contribution in [0.5, 0.6) is 0 Å². The van der Waals surface area contributed by atoms with Gasteiger partial charge in [0.1, 0.15) is 0 Å². The minimum absolute atomic E-state index is 0.0538. The number of carboxylic acids is 1. The van der Waals surface area contributed by atoms with Gasteiger partial charge >= 0.3 is 12.0 Å². The summed E-state index contributed by atoms with van der Waals surface area (Å²) in [5.41, 5.74) is -0.651. The van der Waals surface area contributed by atoms with Crippen LogP contribution in [0.25, 0.3) is 0 Å². The summed E-state index contributed by atoms with van der Waals surface area (Å²) < 4.78 is 4.81. The van der Waals surface area contributed by atoms with Gasteiger partial charge in [-0.25, -0.2) is 4.79 Å². The van der Waals surface area contributed by atoms with Gasteiger partial charge in [-0.05, 0) is 12.8 Å². The van der Waals surface area contributed by atoms with E-state index in [1.54, 1.807) is 6.92 Å². The lowest BCUT2D eigenvalue weighted by atomic mass is 9.79. The molecule has 2 amide bonds. The Morgan fingerprint density at radius 3 is 2.62 bits per heavy atom. The Hall–Kier alpha value is -2.12. The molecule has 1 saturated carbocycles. The normalized spacial score (nSPS) is 17.2. The Morgan fingerprint density at radius 1 is 1.33 bits per heavy atom. The second-order valence-corrected chi connectivity index (χ2v) is 5.45. The first-order valence-corrected chi connectivity index (χ1v) is 7.06. The lowest BCUT2D eigenvalue weighted by Gasteiger charge is -2.36. The van der Waals surface area contributed by atoms with Crippen LogP contribution in [0.4, 0.5) is 4.79 Å². The zero-order valence-electron chi connectivity index (χ0n) is 12.0. The molecule has 0 unspecified atom stereocenters. The van der Waals surface area contributed by atoms with Crippen molar-refractivity contribution in [3.8, 4) is 0 Å². The van der Waals surface area contributed by atoms with Crippen LogP contribution in [0.3, 0.4) is 0 Å². The number of carboxylic acid groups (broad SMARTS) is 1. The molecule has 1 aliphatic carbocycles. The number of rotatable bonds is 5. The zero-order chi connectivity index (χ0) is 15.3. The monoisotopic (exact) mass is 296 g/mol. The van der Waals surface area contributed by atoms with Crippen LogP contribution in [0, 0.1) is 6.92 Å². The van der Waals surface area contributed by atoms with Crippen molar-refractivity contribution >= 4 is 12.0 Å². The lowest BCUT2D eigenvalue weighted by molar-refractivity contribution is -0.139. The van der Waals surface area contributed by atoms with Gasteiger partial charge in [-0.15, -0.1) is 0 Å². The van der Waals surface area contributed by atoms with Gasteiger partial charge in [-0.2, -0.15) is 4.98 Å². The summed E-state index contributed by atoms with van der Waals surface area (Å²) in [6, 6.07) is -0.402. The highest BCUT2D eigenvalue weighted by Crippen LogP contribution is 2.31. The highest BCUT2D eigenvalue weighted by molar-refractivity contribution is 5.76. The zero-order valence-corrected chi connectivity index (χ0v) is 12.0. The van der Waals surface area contributed by atoms with Crippen molar-refractivity contribution in [3.63, 3.8) is 0 Å². The predicted octanol–water partition coefficient (Wildman–Crippen LogP) is 1.35. The van der Waals surface area contributed by atoms with Crippen molar-refractivity contribution in [2.75, 3.05) is 0 Å². The van der Waals surface area contributed by atoms with Gasteiger partial charge < -0.3 is 20.3 Å². The Labute approximate surface area is 122 Å². The summed E-state index contributed by atoms with van der Waals surface area (Å²) in [5, 5.41) is 18.2. The predicted molar refractivity (Wildman–Crippen MR) is 72.5 cm³/mol. The van der Waals surface area contributed by atoms with E-state index in [-0.39, 0.29) is 13.0 Å². The number of nitrogens with zero attached hydrogens (tertiary/aromatic N) is 2. The molecule has 21 heavy (non-hydrogen) atoms. The number of carbonyl (C=O) groups excluding carboxylic acids is 1. The quantitative estimate of drug-likeness (QED) is 0.755. The summed E-state index contributed by atoms with van der Waals surface area (Å²) in [6.07, 6.45) is 4.26. The first-order chi connectivity index (χ1) is 9.99. The average molecular weight is 296 g/mol. The van der Waals surface area contributed by atoms with Crippen molar-refractivity contribution in [2.45, 2.75) is 57.5 Å². The molecule has 2 rings (SSSR count). The van der Waals surface area contributed by atoms with E-state index in [9.17, 15) is 9.59 Å². The van der Waals surface area contributed by atoms with Gasteiger partial charge in [0, 0.05) is 6.92 Å². The molecule has 0 radical (unpaired) electrons. The van der Waals surface area contributed by atoms with Gasteiger partial charge in [0.05, 0.1) is 18.5 Å². The maximum Gasteiger partial charge on any atom is 0.315 e. The molecule has 1 aromatic rings. The van der Waals surface area contributed by atoms with Gasteiger partial charge in [0.25, 0.3) is 0 Å². The largest absolute Gasteiger partial charge is 0.481 e. The van der Waals surface area contributed by atoms with E-state index < -0.39 is 17.5 Å². The van der Waals surface area contributed by atoms with Crippen molar-refractivity contribution in [2.24, 2.45) is 0 Å². The standard InChI is InChI=1S/C13H20N4O4/c1-9-15-10(17-21-9)8-14-12(20)16-13(7-11(18)19)5-3-2-4-6-13/h2-8H2,1H3,(H,18,19)(H2,14,16,20). The molecular weight excluding hydrogens is 276 g/mol. The van der Waals surface area contributed by atoms with Crippen LogP contribution in [0.15, 0.2) is 4.52 Å². The maximum atomic E-state index is 12.0. The Bertz CT molecular complexity index is 508. The Kier molecular flexibility index (Phi) is 4.77. The minimum atomic E-state index is -0.897. The number of hydrogen-bond acceptors (Lipinski definition) is 5. The summed E-state index contributed by atoms with van der Waals surface area (Å²) >= 11 is 0. The molecule has 8 heteroatoms. The van der Waals surface area contributed by atoms with Crippen LogP contribution in [-0.4, -0.2) is 32.8 Å². The van der Waals surface area contributed by atoms with E-state index in [1.807, 2.05) is 0 Å². The van der Waals surface area contributed by atoms with Crippen molar-refractivity contribution < 1.29 is 19.2 Å². The molecule has 1 aliphatic rings. The Balaban J connectivity index is 1.89. The second-order valence-electron chi connectivity index (χ2n) is 5.45. The molecule has 1 fully saturated rings. The Morgan fingerprint density at radius 2 is 2.05 bits per heavy atom. The van der Waals surface area contributed by atoms with Gasteiger partial charge in [-0.1, -0.05) is 24.4 Å². The summed E-state index contributed by atoms with van der Waals surface area (Å²) in [5.74, 6) is -0.0774. The summed E-state index contributed by atoms with van der Waals surface area (Å²) in [4.78, 5) is 27.0. The molecule has 0 bridgehead atoms. The van der Waals surface area contributed by atoms with E-state index in [4.69, 9.17) is 9.63 Å². The van der Waals surface area contributed by atoms with E-state index in [0.29, 0.717) is 24.6 Å². The molecule has 0 atom stereocenters. The number of amides is 2. The smallest absolute Gasteiger partial charge is 0.315 e. The van der Waals surface area contributed by atoms with Crippen LogP contribution in [-0.2, 0) is 11.3 Å². The molecule has 1 aromatic heterocycles. The maximum absolute atomic E-state index is 12.0. The summed E-state index contributed by atoms with van der Waals surface area (Å²) in [6.45, 7) is 1.81. The third-order valence-electron chi connectivity index (χ3n) is 3.66. The molecule has 0 saturated heterocycles. The molecule has 8 nitrogen and oxygen atoms in total. The number of hydrogen-bond donors (Lipinski definition) is 3. The number of aryl methyl sites for hydroxylation is 1. The molecule has 1 heterocycles. The topological polar surface area (TPSA) is 117 Å². The van der Waals surface area contributed by atoms with Gasteiger partial charge in [0.15, 0.2) is 5.82 Å². The number of carbonyl (C=O) groups is 2. The van der Waals surface area contributed by atoms with Crippen molar-refractivity contribution in [3.05, 3.63) is 11.7 Å². The van der Waals surface area contributed by atoms with E-state index in [2.05, 4.69) is 20.8 Å². The summed E-state index contributed by atoms with van der Waals surface area (Å²) in [7, 11) is 0. The SMILES string of the molecule is Cc1nc(CNC(=O)NC2(CC(=O)O)CCCCC2)no1. The second kappa shape index (κ2) is 6.55. The van der Waals surface area contributed by atoms with Crippen LogP contribution >= 0.6 is 0 Å². The van der Waals surface area contributed by atoms with Crippen LogP contribution in [0.2, 0.25) is 0 Å². The first kappa shape index (κ1) is 15.3. The molecule has 0 aliphatic heterocycles. The fourth-order valence-electron chi connectivity index (χ4n) is 2.72. The van der Waals surface area contributed by atoms with Crippen molar-refractivity contribution in [1.82, 2.24) is 20.8 Å². The highest BCUT2D eigenvalue weighted by atomic mass is 16.5. The minimum Gasteiger partial charge on any atom is -0.481 e. The number of aliphatic carboxylic acids is 1. The number of urea groups is 1. The molecule has 0 spiro atoms. The van der Waals surface area contributed by atoms with E-state index >= 15 is 0 Å². The molecule has 3 N–H and O–H groups in total. The average Bonchev–Trinajstić information content (AvgIpc) is 2.82. The van der Waals surface area contributed by atoms with E-state index in [0.717, 1.165) is 19.3 Å². The van der Waals surface area contributed by atoms with E-state index in [1.165, 1.54) is 0 Å². The van der Waals surface area contributed by atoms with Crippen LogP contribution in [0.1, 0.15) is 50.2 Å². The lowest BCUT2D eigenvalue weighted by Crippen LogP contribution is -2.54. The van der Waals surface area contributed by atoms with Crippen LogP contribution < -0.4 is 10.6 Å². The third kappa shape index (κ3) is 4.44. The molecular formula is C13H20N4O4.